The van der Waals surface area contributed by atoms with E-state index in [1.54, 1.807) is 12.1 Å². The average Bonchev–Trinajstić information content (AvgIpc) is 3.24. The fraction of sp³-hybridized carbons (Fsp3) is 0.133. The molecule has 0 amide bonds. The van der Waals surface area contributed by atoms with Crippen molar-refractivity contribution in [3.63, 3.8) is 0 Å². The van der Waals surface area contributed by atoms with Gasteiger partial charge in [0.2, 0.25) is 10.0 Å². The minimum Gasteiger partial charge on any atom is -0.343 e. The molecule has 0 bridgehead atoms. The zero-order valence-electron chi connectivity index (χ0n) is 19.8. The monoisotopic (exact) mass is 480 g/mol. The summed E-state index contributed by atoms with van der Waals surface area (Å²) in [5.74, 6) is 0. The van der Waals surface area contributed by atoms with Crippen LogP contribution in [0.4, 0.5) is 0 Å². The first-order valence-electron chi connectivity index (χ1n) is 11.7. The third-order valence-corrected chi connectivity index (χ3v) is 8.11. The highest BCUT2D eigenvalue weighted by Crippen LogP contribution is 2.37. The van der Waals surface area contributed by atoms with Crippen molar-refractivity contribution in [2.45, 2.75) is 30.8 Å². The molecule has 1 heterocycles. The van der Waals surface area contributed by atoms with Gasteiger partial charge >= 0.3 is 0 Å². The highest BCUT2D eigenvalue weighted by Gasteiger charge is 2.36. The largest absolute Gasteiger partial charge is 0.343 e. The third-order valence-electron chi connectivity index (χ3n) is 6.54. The van der Waals surface area contributed by atoms with Crippen LogP contribution in [0.2, 0.25) is 0 Å². The van der Waals surface area contributed by atoms with Crippen molar-refractivity contribution < 1.29 is 8.42 Å². The van der Waals surface area contributed by atoms with Crippen molar-refractivity contribution in [3.8, 4) is 0 Å². The van der Waals surface area contributed by atoms with E-state index in [0.29, 0.717) is 6.54 Å². The number of fused-ring (bicyclic) bond motifs is 1. The molecule has 0 saturated carbocycles. The Morgan fingerprint density at radius 2 is 1.37 bits per heavy atom. The van der Waals surface area contributed by atoms with Crippen LogP contribution in [-0.4, -0.2) is 13.0 Å². The van der Waals surface area contributed by atoms with E-state index in [1.165, 1.54) is 5.56 Å². The molecular weight excluding hydrogens is 452 g/mol. The van der Waals surface area contributed by atoms with Crippen LogP contribution in [0, 0.1) is 6.92 Å². The predicted octanol–water partition coefficient (Wildman–Crippen LogP) is 6.24. The van der Waals surface area contributed by atoms with Gasteiger partial charge in [-0.3, -0.25) is 0 Å². The SMILES string of the molecule is Cc1ccc(S(=O)(=O)N[C@](C)(c2ccccc2)c2cn(Cc3ccccc3)c3ccccc23)cc1. The topological polar surface area (TPSA) is 51.1 Å². The van der Waals surface area contributed by atoms with Gasteiger partial charge in [-0.05, 0) is 43.2 Å². The Hall–Kier alpha value is -3.67. The molecule has 176 valence electrons. The predicted molar refractivity (Wildman–Crippen MR) is 142 cm³/mol. The van der Waals surface area contributed by atoms with Gasteiger partial charge in [0.1, 0.15) is 0 Å². The summed E-state index contributed by atoms with van der Waals surface area (Å²) in [6.45, 7) is 4.58. The molecule has 0 aliphatic rings. The van der Waals surface area contributed by atoms with Crippen LogP contribution < -0.4 is 4.72 Å². The number of nitrogens with one attached hydrogen (secondary N) is 1. The lowest BCUT2D eigenvalue weighted by molar-refractivity contribution is 0.504. The molecule has 5 heteroatoms. The molecule has 0 unspecified atom stereocenters. The maximum atomic E-state index is 13.6. The van der Waals surface area contributed by atoms with Crippen molar-refractivity contribution in [1.29, 1.82) is 0 Å². The molecule has 4 aromatic carbocycles. The van der Waals surface area contributed by atoms with Gasteiger partial charge in [0.05, 0.1) is 10.4 Å². The normalized spacial score (nSPS) is 13.5. The summed E-state index contributed by atoms with van der Waals surface area (Å²) >= 11 is 0. The second-order valence-electron chi connectivity index (χ2n) is 9.08. The molecule has 5 aromatic rings. The maximum Gasteiger partial charge on any atom is 0.241 e. The first-order valence-corrected chi connectivity index (χ1v) is 13.1. The standard InChI is InChI=1S/C30H28N2O2S/c1-23-17-19-26(20-18-23)35(33,34)31-30(2,25-13-7-4-8-14-25)28-22-32(21-24-11-5-3-6-12-24)29-16-10-9-15-27(28)29/h3-20,22,31H,21H2,1-2H3/t30-/m1/s1. The first-order chi connectivity index (χ1) is 16.9. The molecule has 1 aromatic heterocycles. The Morgan fingerprint density at radius 1 is 0.771 bits per heavy atom. The summed E-state index contributed by atoms with van der Waals surface area (Å²) < 4.78 is 32.5. The highest BCUT2D eigenvalue weighted by atomic mass is 32.2. The molecule has 1 N–H and O–H groups in total. The zero-order valence-corrected chi connectivity index (χ0v) is 20.7. The zero-order chi connectivity index (χ0) is 24.5. The van der Waals surface area contributed by atoms with E-state index < -0.39 is 15.6 Å². The number of para-hydroxylation sites is 1. The number of aromatic nitrogens is 1. The third kappa shape index (κ3) is 4.53. The second kappa shape index (κ2) is 9.17. The quantitative estimate of drug-likeness (QED) is 0.300. The number of rotatable bonds is 7. The van der Waals surface area contributed by atoms with Gasteiger partial charge < -0.3 is 4.57 Å². The van der Waals surface area contributed by atoms with Crippen molar-refractivity contribution in [1.82, 2.24) is 9.29 Å². The van der Waals surface area contributed by atoms with E-state index in [2.05, 4.69) is 39.8 Å². The number of sulfonamides is 1. The van der Waals surface area contributed by atoms with Crippen molar-refractivity contribution in [2.75, 3.05) is 0 Å². The van der Waals surface area contributed by atoms with Crippen LogP contribution in [0.5, 0.6) is 0 Å². The molecule has 0 aliphatic carbocycles. The average molecular weight is 481 g/mol. The molecule has 0 aliphatic heterocycles. The highest BCUT2D eigenvalue weighted by molar-refractivity contribution is 7.89. The van der Waals surface area contributed by atoms with E-state index in [4.69, 9.17) is 0 Å². The lowest BCUT2D eigenvalue weighted by Crippen LogP contribution is -2.44. The fourth-order valence-corrected chi connectivity index (χ4v) is 6.02. The van der Waals surface area contributed by atoms with E-state index in [-0.39, 0.29) is 4.90 Å². The van der Waals surface area contributed by atoms with Gasteiger partial charge in [-0.1, -0.05) is 96.6 Å². The van der Waals surface area contributed by atoms with Crippen molar-refractivity contribution >= 4 is 20.9 Å². The van der Waals surface area contributed by atoms with E-state index >= 15 is 0 Å². The molecular formula is C30H28N2O2S. The van der Waals surface area contributed by atoms with Crippen LogP contribution in [0.25, 0.3) is 10.9 Å². The van der Waals surface area contributed by atoms with E-state index in [9.17, 15) is 8.42 Å². The number of hydrogen-bond acceptors (Lipinski definition) is 2. The molecule has 4 nitrogen and oxygen atoms in total. The number of nitrogens with zero attached hydrogens (tertiary/aromatic N) is 1. The molecule has 5 rings (SSSR count). The second-order valence-corrected chi connectivity index (χ2v) is 10.8. The molecule has 0 saturated heterocycles. The smallest absolute Gasteiger partial charge is 0.241 e. The van der Waals surface area contributed by atoms with Crippen molar-refractivity contribution in [2.24, 2.45) is 0 Å². The van der Waals surface area contributed by atoms with Crippen LogP contribution in [0.1, 0.15) is 29.2 Å². The Labute approximate surface area is 206 Å². The number of aryl methyl sites for hydroxylation is 1. The molecule has 35 heavy (non-hydrogen) atoms. The van der Waals surface area contributed by atoms with Crippen molar-refractivity contribution in [3.05, 3.63) is 138 Å². The molecule has 1 atom stereocenters. The number of benzene rings is 4. The van der Waals surface area contributed by atoms with Crippen LogP contribution >= 0.6 is 0 Å². The fourth-order valence-electron chi connectivity index (χ4n) is 4.64. The van der Waals surface area contributed by atoms with Gasteiger partial charge in [0.15, 0.2) is 0 Å². The van der Waals surface area contributed by atoms with E-state index in [0.717, 1.165) is 27.6 Å². The minimum atomic E-state index is -3.81. The minimum absolute atomic E-state index is 0.248. The van der Waals surface area contributed by atoms with Gasteiger partial charge in [0.25, 0.3) is 0 Å². The lowest BCUT2D eigenvalue weighted by atomic mass is 9.85. The summed E-state index contributed by atoms with van der Waals surface area (Å²) in [4.78, 5) is 0.248. The van der Waals surface area contributed by atoms with Gasteiger partial charge in [-0.2, -0.15) is 4.72 Å². The first kappa shape index (κ1) is 23.1. The summed E-state index contributed by atoms with van der Waals surface area (Å²) in [6, 6.07) is 35.2. The van der Waals surface area contributed by atoms with Crippen LogP contribution in [0.15, 0.2) is 120 Å². The van der Waals surface area contributed by atoms with E-state index in [1.807, 2.05) is 86.6 Å². The molecule has 0 spiro atoms. The Bertz CT molecular complexity index is 1560. The Kier molecular flexibility index (Phi) is 6.05. The molecule has 0 radical (unpaired) electrons. The summed E-state index contributed by atoms with van der Waals surface area (Å²) in [6.07, 6.45) is 2.09. The number of hydrogen-bond donors (Lipinski definition) is 1. The van der Waals surface area contributed by atoms with Crippen LogP contribution in [-0.2, 0) is 22.1 Å². The summed E-state index contributed by atoms with van der Waals surface area (Å²) in [7, 11) is -3.81. The molecule has 0 fully saturated rings. The van der Waals surface area contributed by atoms with Gasteiger partial charge in [-0.15, -0.1) is 0 Å². The maximum absolute atomic E-state index is 13.6. The van der Waals surface area contributed by atoms with Gasteiger partial charge in [0, 0.05) is 29.2 Å². The lowest BCUT2D eigenvalue weighted by Gasteiger charge is -2.31. The Balaban J connectivity index is 1.68. The summed E-state index contributed by atoms with van der Waals surface area (Å²) in [5, 5.41) is 1.02. The van der Waals surface area contributed by atoms with Crippen LogP contribution in [0.3, 0.4) is 0 Å². The summed E-state index contributed by atoms with van der Waals surface area (Å²) in [5.41, 5.74) is 4.04. The van der Waals surface area contributed by atoms with Gasteiger partial charge in [-0.25, -0.2) is 8.42 Å². The Morgan fingerprint density at radius 3 is 2.06 bits per heavy atom.